The van der Waals surface area contributed by atoms with E-state index in [4.69, 9.17) is 0 Å². The zero-order valence-corrected chi connectivity index (χ0v) is 79.1. The molecule has 0 radical (unpaired) electrons. The summed E-state index contributed by atoms with van der Waals surface area (Å²) in [5.74, 6) is -0.223. The van der Waals surface area contributed by atoms with Crippen LogP contribution in [0, 0.1) is 0 Å². The Bertz CT molecular complexity index is 6790. The van der Waals surface area contributed by atoms with E-state index in [2.05, 4.69) is 322 Å². The average molecular weight is 1810 g/mol. The van der Waals surface area contributed by atoms with Crippen molar-refractivity contribution in [2.75, 3.05) is 0 Å². The molecular formula is C128H105ClNaO7-. The molecular weight excluding hydrogens is 1710 g/mol. The molecule has 3 aliphatic rings. The van der Waals surface area contributed by atoms with Gasteiger partial charge in [0.2, 0.25) is 0 Å². The van der Waals surface area contributed by atoms with Gasteiger partial charge in [-0.05, 0) is 128 Å². The number of allylic oxidation sites excluding steroid dienone is 7. The third kappa shape index (κ3) is 23.4. The van der Waals surface area contributed by atoms with Crippen LogP contribution in [-0.4, -0.2) is 38.5 Å². The van der Waals surface area contributed by atoms with Gasteiger partial charge >= 0.3 is 29.6 Å². The first-order valence-electron chi connectivity index (χ1n) is 45.6. The van der Waals surface area contributed by atoms with Crippen LogP contribution in [0.3, 0.4) is 0 Å². The molecule has 0 amide bonds. The van der Waals surface area contributed by atoms with Gasteiger partial charge in [0, 0.05) is 53.2 Å². The number of carbonyl (C=O) groups is 3. The fourth-order valence-electron chi connectivity index (χ4n) is 19.2. The molecule has 0 bridgehead atoms. The molecule has 0 aliphatic heterocycles. The number of benzene rings is 18. The van der Waals surface area contributed by atoms with Crippen molar-refractivity contribution < 1.29 is 65.1 Å². The van der Waals surface area contributed by atoms with Crippen molar-refractivity contribution in [3.63, 3.8) is 0 Å². The van der Waals surface area contributed by atoms with Crippen LogP contribution in [0.4, 0.5) is 0 Å². The Labute approximate surface area is 833 Å². The molecule has 0 aromatic heterocycles. The fraction of sp³-hybridized carbons (Fsp3) is 0.0703. The molecule has 0 saturated heterocycles. The maximum absolute atomic E-state index is 14.0. The fourth-order valence-corrected chi connectivity index (χ4v) is 19.2. The topological polar surface area (TPSA) is 152 Å². The molecule has 18 aromatic carbocycles. The summed E-state index contributed by atoms with van der Waals surface area (Å²) in [6, 6.07) is 185. The van der Waals surface area contributed by atoms with E-state index in [9.17, 15) is 24.6 Å². The number of aliphatic hydroxyl groups is 2. The molecule has 137 heavy (non-hydrogen) atoms. The summed E-state index contributed by atoms with van der Waals surface area (Å²) in [5, 5.41) is 23.1. The van der Waals surface area contributed by atoms with E-state index in [0.717, 1.165) is 66.8 Å². The van der Waals surface area contributed by atoms with Gasteiger partial charge in [-0.2, -0.15) is 0 Å². The molecule has 21 rings (SSSR count). The quantitative estimate of drug-likeness (QED) is 0.0537. The van der Waals surface area contributed by atoms with Gasteiger partial charge in [0.15, 0.2) is 11.6 Å². The minimum absolute atomic E-state index is 0. The molecule has 6 unspecified atom stereocenters. The standard InChI is InChI=1S/C35H28O.C35H26.C29H22O.C15H14O.C14H12O2.ClH.Na.2H2O/c36-35(30-24-14-5-15-25-30)33(28-20-10-3-11-21-28)31(26-16-6-1-7-17-26)32(27-18-8-2-9-19-27)34(35)29-22-12-4-13-23-29;1-6-16-26(17-7-1)31-32(27-18-8-2-9-19-27)34(29-22-12-4-13-23-29)35(30-24-14-5-15-25-30)33(31)28-20-10-3-11-21-28;30-29-27(23-17-9-3-10-18-23)25(21-13-5-1-6-14-21)26(22-15-7-2-8-16-22)28(29)24-19-11-4-12-20-24;16-15(11-13-7-3-1-4-8-13)12-14-9-5-2-6-10-14;15-13(11-7-3-1-4-8-11)14(16)12-9-5-2-6-10-12;;;;/h1-25,31,33,36H;1-25,31H;1-20,25,27H;1-10H,11-12H2;1-10,13,15H;1H;;2*1H2/q;;;;;;+1;;/p-2. The molecule has 0 fully saturated rings. The summed E-state index contributed by atoms with van der Waals surface area (Å²) in [6.45, 7) is 0. The number of hydrogen-bond acceptors (Lipinski definition) is 7. The zero-order chi connectivity index (χ0) is 90.8. The van der Waals surface area contributed by atoms with Crippen LogP contribution in [-0.2, 0) is 28.0 Å². The van der Waals surface area contributed by atoms with Gasteiger partial charge in [-0.15, -0.1) is 12.4 Å². The summed E-state index contributed by atoms with van der Waals surface area (Å²) in [6.07, 6.45) is -0.0329. The van der Waals surface area contributed by atoms with Crippen molar-refractivity contribution >= 4 is 74.3 Å². The van der Waals surface area contributed by atoms with Crippen LogP contribution in [0.2, 0.25) is 0 Å². The third-order valence-corrected chi connectivity index (χ3v) is 25.0. The van der Waals surface area contributed by atoms with Gasteiger partial charge in [-0.1, -0.05) is 546 Å². The number of Topliss-reactive ketones (excluding diaryl/α,β-unsaturated/α-hetero) is 3. The van der Waals surface area contributed by atoms with Crippen molar-refractivity contribution in [2.24, 2.45) is 0 Å². The van der Waals surface area contributed by atoms with Crippen LogP contribution in [0.15, 0.2) is 546 Å². The van der Waals surface area contributed by atoms with Crippen molar-refractivity contribution in [2.45, 2.75) is 54.1 Å². The van der Waals surface area contributed by atoms with Crippen LogP contribution in [0.25, 0.3) is 44.6 Å². The molecule has 3 aliphatic carbocycles. The van der Waals surface area contributed by atoms with Gasteiger partial charge in [-0.3, -0.25) is 14.4 Å². The maximum atomic E-state index is 14.0. The largest absolute Gasteiger partial charge is 1.00 e. The van der Waals surface area contributed by atoms with Gasteiger partial charge in [0.1, 0.15) is 17.5 Å². The van der Waals surface area contributed by atoms with Crippen LogP contribution < -0.4 is 29.6 Å². The number of carbonyl (C=O) groups excluding carboxylic acids is 3. The minimum Gasteiger partial charge on any atom is -0.870 e. The second-order valence-electron chi connectivity index (χ2n) is 33.4. The molecule has 668 valence electrons. The Hall–Kier alpha value is -14.9. The predicted molar refractivity (Wildman–Crippen MR) is 559 cm³/mol. The monoisotopic (exact) mass is 1810 g/mol. The van der Waals surface area contributed by atoms with E-state index in [1.54, 1.807) is 48.5 Å². The molecule has 7 nitrogen and oxygen atoms in total. The average Bonchev–Trinajstić information content (AvgIpc) is 1.54. The molecule has 0 spiro atoms. The zero-order valence-electron chi connectivity index (χ0n) is 76.3. The first-order chi connectivity index (χ1) is 65.7. The first-order valence-corrected chi connectivity index (χ1v) is 45.6. The van der Waals surface area contributed by atoms with E-state index < -0.39 is 11.7 Å². The normalized spacial score (nSPS) is 15.9. The molecule has 0 saturated carbocycles. The third-order valence-electron chi connectivity index (χ3n) is 25.0. The summed E-state index contributed by atoms with van der Waals surface area (Å²) in [4.78, 5) is 37.7. The second kappa shape index (κ2) is 49.3. The van der Waals surface area contributed by atoms with Crippen LogP contribution in [0.1, 0.15) is 141 Å². The van der Waals surface area contributed by atoms with Crippen LogP contribution in [0.5, 0.6) is 0 Å². The van der Waals surface area contributed by atoms with Gasteiger partial charge in [0.05, 0.1) is 5.92 Å². The molecule has 9 heteroatoms. The van der Waals surface area contributed by atoms with Crippen molar-refractivity contribution in [1.82, 2.24) is 0 Å². The molecule has 6 atom stereocenters. The van der Waals surface area contributed by atoms with Gasteiger partial charge < -0.3 is 21.2 Å². The number of hydrogen-bond donors (Lipinski definition) is 2. The second-order valence-corrected chi connectivity index (χ2v) is 33.4. The Morgan fingerprint density at radius 3 is 0.876 bits per heavy atom. The van der Waals surface area contributed by atoms with Crippen molar-refractivity contribution in [3.8, 4) is 0 Å². The van der Waals surface area contributed by atoms with Crippen molar-refractivity contribution in [3.05, 3.63) is 646 Å². The Morgan fingerprint density at radius 2 is 0.518 bits per heavy atom. The number of rotatable bonds is 21. The van der Waals surface area contributed by atoms with Gasteiger partial charge in [0.25, 0.3) is 0 Å². The number of halogens is 1. The first kappa shape index (κ1) is 99.5. The smallest absolute Gasteiger partial charge is 0.870 e. The minimum atomic E-state index is -1.24. The van der Waals surface area contributed by atoms with Gasteiger partial charge in [-0.25, -0.2) is 0 Å². The van der Waals surface area contributed by atoms with E-state index in [1.165, 1.54) is 66.8 Å². The van der Waals surface area contributed by atoms with Crippen LogP contribution >= 0.6 is 12.4 Å². The summed E-state index contributed by atoms with van der Waals surface area (Å²) < 4.78 is 0. The SMILES string of the molecule is Cl.O=C(Cc1ccccc1)Cc1ccccc1.O=C(c1ccccc1)C(O)c1ccccc1.O=C1C(c2ccccc2)=C(c2ccccc2)C(c2ccccc2)C1c1ccccc1.OC1(c2ccccc2)C(c2ccccc2)=C(c2ccccc2)C(c2ccccc2)C1c1ccccc1.[Na+].[OH-].[OH-].c1ccc(C2=C(c3ccccc3)C(c3ccccc3)C(c3ccccc3)=C2c2ccccc2)cc1. The van der Waals surface area contributed by atoms with E-state index in [-0.39, 0.29) is 99.9 Å². The van der Waals surface area contributed by atoms with E-state index in [0.29, 0.717) is 24.0 Å². The summed E-state index contributed by atoms with van der Waals surface area (Å²) in [7, 11) is 0. The number of ketones is 3. The van der Waals surface area contributed by atoms with E-state index >= 15 is 0 Å². The molecule has 18 aromatic rings. The number of aliphatic hydroxyl groups excluding tert-OH is 1. The molecule has 4 N–H and O–H groups in total. The summed E-state index contributed by atoms with van der Waals surface area (Å²) in [5.41, 5.74) is 27.6. The maximum Gasteiger partial charge on any atom is 1.00 e. The molecule has 0 heterocycles. The predicted octanol–water partition coefficient (Wildman–Crippen LogP) is 26.5. The Morgan fingerprint density at radius 1 is 0.263 bits per heavy atom. The van der Waals surface area contributed by atoms with Crippen molar-refractivity contribution in [1.29, 1.82) is 0 Å². The Balaban J connectivity index is 0.000000149. The van der Waals surface area contributed by atoms with E-state index in [1.807, 2.05) is 176 Å². The summed E-state index contributed by atoms with van der Waals surface area (Å²) >= 11 is 0. The Kier molecular flexibility index (Phi) is 35.8.